The second-order valence-electron chi connectivity index (χ2n) is 3.54. The van der Waals surface area contributed by atoms with Crippen LogP contribution in [0.1, 0.15) is 11.9 Å². The Bertz CT molecular complexity index is 396. The van der Waals surface area contributed by atoms with Crippen molar-refractivity contribution < 1.29 is 19.6 Å². The molecule has 0 aliphatic carbocycles. The zero-order valence-electron chi connectivity index (χ0n) is 9.97. The lowest BCUT2D eigenvalue weighted by Crippen LogP contribution is -2.46. The van der Waals surface area contributed by atoms with Crippen LogP contribution in [0.5, 0.6) is 0 Å². The minimum absolute atomic E-state index is 0.0263. The molecule has 0 bridgehead atoms. The number of pyridine rings is 1. The van der Waals surface area contributed by atoms with Gasteiger partial charge in [0.05, 0.1) is 6.54 Å². The Morgan fingerprint density at radius 1 is 1.59 bits per heavy atom. The number of aliphatic hydroxyl groups excluding tert-OH is 2. The van der Waals surface area contributed by atoms with Crippen LogP contribution in [0.3, 0.4) is 0 Å². The molecule has 4 N–H and O–H groups in total. The normalized spacial score (nSPS) is 14.5. The molecular weight excluding hydrogens is 222 g/mol. The summed E-state index contributed by atoms with van der Waals surface area (Å²) in [7, 11) is 2.77. The molecule has 2 rings (SSSR count). The van der Waals surface area contributed by atoms with Crippen molar-refractivity contribution in [2.75, 3.05) is 26.0 Å². The maximum Gasteiger partial charge on any atom is 0.273 e. The maximum absolute atomic E-state index is 11.2. The van der Waals surface area contributed by atoms with Crippen LogP contribution in [0.25, 0.3) is 0 Å². The fraction of sp³-hybridized carbons (Fsp3) is 0.455. The first-order valence-corrected chi connectivity index (χ1v) is 5.32. The molecule has 1 aromatic heterocycles. The van der Waals surface area contributed by atoms with Gasteiger partial charge >= 0.3 is 0 Å². The molecule has 0 saturated heterocycles. The average molecular weight is 240 g/mol. The molecule has 0 aromatic carbocycles. The molecule has 1 aromatic rings. The van der Waals surface area contributed by atoms with Crippen LogP contribution in [-0.2, 0) is 11.2 Å². The molecule has 17 heavy (non-hydrogen) atoms. The molecule has 1 aliphatic heterocycles. The van der Waals surface area contributed by atoms with Crippen molar-refractivity contribution in [2.24, 2.45) is 0 Å². The lowest BCUT2D eigenvalue weighted by Gasteiger charge is -2.07. The second kappa shape index (κ2) is 6.29. The Balaban J connectivity index is 0.000000686. The van der Waals surface area contributed by atoms with Crippen molar-refractivity contribution >= 4 is 11.6 Å². The van der Waals surface area contributed by atoms with Crippen molar-refractivity contribution in [1.29, 1.82) is 0 Å². The summed E-state index contributed by atoms with van der Waals surface area (Å²) in [6.45, 7) is 0.454. The number of aliphatic hydroxyl groups is 2. The third kappa shape index (κ3) is 3.00. The van der Waals surface area contributed by atoms with Crippen LogP contribution in [-0.4, -0.2) is 36.8 Å². The fourth-order valence-corrected chi connectivity index (χ4v) is 1.76. The highest BCUT2D eigenvalue weighted by atomic mass is 16.3. The lowest BCUT2D eigenvalue weighted by atomic mass is 10.2. The van der Waals surface area contributed by atoms with Gasteiger partial charge in [-0.15, -0.1) is 0 Å². The van der Waals surface area contributed by atoms with Gasteiger partial charge in [0.1, 0.15) is 12.1 Å². The molecule has 0 saturated carbocycles. The van der Waals surface area contributed by atoms with Gasteiger partial charge in [-0.05, 0) is 13.1 Å². The van der Waals surface area contributed by atoms with E-state index in [1.54, 1.807) is 17.8 Å². The van der Waals surface area contributed by atoms with Gasteiger partial charge in [0.2, 0.25) is 11.6 Å². The average Bonchev–Trinajstić information content (AvgIpc) is 2.71. The summed E-state index contributed by atoms with van der Waals surface area (Å²) in [4.78, 5) is 11.2. The van der Waals surface area contributed by atoms with E-state index in [4.69, 9.17) is 5.11 Å². The maximum atomic E-state index is 11.2. The molecule has 94 valence electrons. The highest BCUT2D eigenvalue weighted by Gasteiger charge is 2.29. The van der Waals surface area contributed by atoms with Crippen molar-refractivity contribution in [2.45, 2.75) is 12.6 Å². The molecule has 1 atom stereocenters. The number of nitrogens with one attached hydrogen (secondary N) is 2. The highest BCUT2D eigenvalue weighted by molar-refractivity contribution is 5.97. The van der Waals surface area contributed by atoms with Gasteiger partial charge in [0.25, 0.3) is 6.23 Å². The number of rotatable bonds is 3. The minimum Gasteiger partial charge on any atom is -0.400 e. The standard InChI is InChI=1S/C10H13N3O2.CH4O/c1-11-6-10(15)13-4-2-3-7-8(13)5-9(14)12-7;1-2/h2-4,10-11,15H,5-6H2,1H3;2H,1H3/p+1. The zero-order valence-corrected chi connectivity index (χ0v) is 9.97. The first-order valence-electron chi connectivity index (χ1n) is 5.32. The molecule has 1 unspecified atom stereocenters. The number of nitrogens with zero attached hydrogens (tertiary/aromatic N) is 1. The van der Waals surface area contributed by atoms with E-state index in [9.17, 15) is 9.90 Å². The molecule has 0 fully saturated rings. The van der Waals surface area contributed by atoms with Crippen LogP contribution in [0, 0.1) is 0 Å². The molecule has 0 spiro atoms. The lowest BCUT2D eigenvalue weighted by molar-refractivity contribution is -0.762. The van der Waals surface area contributed by atoms with E-state index in [2.05, 4.69) is 10.6 Å². The third-order valence-electron chi connectivity index (χ3n) is 2.44. The summed E-state index contributed by atoms with van der Waals surface area (Å²) in [5, 5.41) is 22.5. The first kappa shape index (κ1) is 13.6. The quantitative estimate of drug-likeness (QED) is 0.499. The van der Waals surface area contributed by atoms with Crippen LogP contribution in [0.4, 0.5) is 5.69 Å². The number of carbonyl (C=O) groups excluding carboxylic acids is 1. The molecule has 1 amide bonds. The van der Waals surface area contributed by atoms with Gasteiger partial charge in [-0.3, -0.25) is 4.79 Å². The van der Waals surface area contributed by atoms with Crippen molar-refractivity contribution in [1.82, 2.24) is 5.32 Å². The summed E-state index contributed by atoms with van der Waals surface area (Å²) in [6, 6.07) is 3.64. The van der Waals surface area contributed by atoms with Crippen LogP contribution < -0.4 is 15.2 Å². The molecule has 0 radical (unpaired) electrons. The predicted octanol–water partition coefficient (Wildman–Crippen LogP) is -1.21. The Kier molecular flexibility index (Phi) is 5.02. The van der Waals surface area contributed by atoms with Gasteiger partial charge in [-0.1, -0.05) is 0 Å². The van der Waals surface area contributed by atoms with Gasteiger partial charge in [-0.2, -0.15) is 4.57 Å². The number of hydrogen-bond acceptors (Lipinski definition) is 4. The SMILES string of the molecule is CNCC(O)[n+]1cccc2c1CC(=O)N2.CO. The van der Waals surface area contributed by atoms with Crippen LogP contribution in [0.15, 0.2) is 18.3 Å². The Labute approximate surface area is 99.9 Å². The largest absolute Gasteiger partial charge is 0.400 e. The van der Waals surface area contributed by atoms with E-state index < -0.39 is 6.23 Å². The van der Waals surface area contributed by atoms with Gasteiger partial charge in [0.15, 0.2) is 6.20 Å². The summed E-state index contributed by atoms with van der Waals surface area (Å²) in [5.74, 6) is -0.0263. The van der Waals surface area contributed by atoms with E-state index >= 15 is 0 Å². The second-order valence-corrected chi connectivity index (χ2v) is 3.54. The fourth-order valence-electron chi connectivity index (χ4n) is 1.76. The van der Waals surface area contributed by atoms with E-state index in [0.717, 1.165) is 18.5 Å². The van der Waals surface area contributed by atoms with E-state index in [-0.39, 0.29) is 5.91 Å². The number of likely N-dealkylation sites (N-methyl/N-ethyl adjacent to an activating group) is 1. The van der Waals surface area contributed by atoms with Gasteiger partial charge < -0.3 is 20.8 Å². The predicted molar refractivity (Wildman–Crippen MR) is 62.3 cm³/mol. The summed E-state index contributed by atoms with van der Waals surface area (Å²) >= 11 is 0. The summed E-state index contributed by atoms with van der Waals surface area (Å²) in [6.07, 6.45) is 1.47. The molecule has 2 heterocycles. The molecular formula is C11H18N3O3+. The van der Waals surface area contributed by atoms with Crippen LogP contribution >= 0.6 is 0 Å². The van der Waals surface area contributed by atoms with Gasteiger partial charge in [0, 0.05) is 13.2 Å². The van der Waals surface area contributed by atoms with E-state index in [0.29, 0.717) is 13.0 Å². The number of hydrogen-bond donors (Lipinski definition) is 4. The molecule has 1 aliphatic rings. The van der Waals surface area contributed by atoms with Crippen LogP contribution in [0.2, 0.25) is 0 Å². The Hall–Kier alpha value is -1.50. The number of aromatic nitrogens is 1. The van der Waals surface area contributed by atoms with Crippen molar-refractivity contribution in [3.05, 3.63) is 24.0 Å². The first-order chi connectivity index (χ1) is 8.22. The topological polar surface area (TPSA) is 85.5 Å². The minimum atomic E-state index is -0.641. The monoisotopic (exact) mass is 240 g/mol. The third-order valence-corrected chi connectivity index (χ3v) is 2.44. The van der Waals surface area contributed by atoms with E-state index in [1.807, 2.05) is 12.1 Å². The number of fused-ring (bicyclic) bond motifs is 1. The van der Waals surface area contributed by atoms with Gasteiger partial charge in [-0.25, -0.2) is 0 Å². The smallest absolute Gasteiger partial charge is 0.273 e. The number of anilines is 1. The van der Waals surface area contributed by atoms with Crippen molar-refractivity contribution in [3.63, 3.8) is 0 Å². The number of carbonyl (C=O) groups is 1. The van der Waals surface area contributed by atoms with Crippen molar-refractivity contribution in [3.8, 4) is 0 Å². The molecule has 6 nitrogen and oxygen atoms in total. The Morgan fingerprint density at radius 3 is 2.94 bits per heavy atom. The molecule has 6 heteroatoms. The number of amides is 1. The summed E-state index contributed by atoms with van der Waals surface area (Å²) < 4.78 is 1.71. The van der Waals surface area contributed by atoms with E-state index in [1.165, 1.54) is 0 Å². The highest BCUT2D eigenvalue weighted by Crippen LogP contribution is 2.18. The zero-order chi connectivity index (χ0) is 12.8. The Morgan fingerprint density at radius 2 is 2.29 bits per heavy atom. The summed E-state index contributed by atoms with van der Waals surface area (Å²) in [5.41, 5.74) is 1.63.